The zero-order valence-electron chi connectivity index (χ0n) is 7.01. The minimum atomic E-state index is 0.638. The molecule has 0 amide bonds. The van der Waals surface area contributed by atoms with Crippen LogP contribution in [0, 0.1) is 6.92 Å². The molecule has 0 fully saturated rings. The maximum atomic E-state index is 6.00. The van der Waals surface area contributed by atoms with Crippen molar-refractivity contribution in [2.24, 2.45) is 0 Å². The van der Waals surface area contributed by atoms with Crippen LogP contribution in [0.15, 0.2) is 24.4 Å². The Morgan fingerprint density at radius 1 is 1.15 bits per heavy atom. The van der Waals surface area contributed by atoms with Crippen LogP contribution in [0.3, 0.4) is 0 Å². The van der Waals surface area contributed by atoms with Gasteiger partial charge in [-0.25, -0.2) is 0 Å². The van der Waals surface area contributed by atoms with Gasteiger partial charge < -0.3 is 0 Å². The summed E-state index contributed by atoms with van der Waals surface area (Å²) < 4.78 is 0. The van der Waals surface area contributed by atoms with Crippen molar-refractivity contribution in [1.29, 1.82) is 0 Å². The van der Waals surface area contributed by atoms with E-state index < -0.39 is 0 Å². The molecule has 1 nitrogen and oxygen atoms in total. The fourth-order valence-electron chi connectivity index (χ4n) is 1.26. The first-order chi connectivity index (χ1) is 6.18. The summed E-state index contributed by atoms with van der Waals surface area (Å²) in [5.41, 5.74) is 1.84. The lowest BCUT2D eigenvalue weighted by Crippen LogP contribution is -1.82. The Balaban J connectivity index is 2.92. The minimum absolute atomic E-state index is 0.638. The summed E-state index contributed by atoms with van der Waals surface area (Å²) >= 11 is 12.0. The monoisotopic (exact) mass is 211 g/mol. The average molecular weight is 212 g/mol. The number of nitrogens with zero attached hydrogens (tertiary/aromatic N) is 1. The number of fused-ring (bicyclic) bond motifs is 1. The van der Waals surface area contributed by atoms with Crippen molar-refractivity contribution in [2.75, 3.05) is 0 Å². The Kier molecular flexibility index (Phi) is 2.14. The predicted molar refractivity (Wildman–Crippen MR) is 56.5 cm³/mol. The first kappa shape index (κ1) is 8.79. The van der Waals surface area contributed by atoms with E-state index in [1.807, 2.05) is 13.0 Å². The molecule has 0 aliphatic carbocycles. The SMILES string of the molecule is Cc1cnc2c(Cl)ccc(Cl)c2c1. The molecule has 1 aromatic heterocycles. The van der Waals surface area contributed by atoms with Gasteiger partial charge in [-0.3, -0.25) is 4.98 Å². The number of aryl methyl sites for hydroxylation is 1. The van der Waals surface area contributed by atoms with Crippen LogP contribution in [-0.4, -0.2) is 4.98 Å². The number of benzene rings is 1. The van der Waals surface area contributed by atoms with Crippen molar-refractivity contribution in [2.45, 2.75) is 6.92 Å². The summed E-state index contributed by atoms with van der Waals surface area (Å²) in [6.45, 7) is 1.98. The summed E-state index contributed by atoms with van der Waals surface area (Å²) in [7, 11) is 0. The molecule has 66 valence electrons. The van der Waals surface area contributed by atoms with Gasteiger partial charge in [0, 0.05) is 11.6 Å². The maximum absolute atomic E-state index is 6.00. The van der Waals surface area contributed by atoms with Crippen molar-refractivity contribution < 1.29 is 0 Å². The van der Waals surface area contributed by atoms with Gasteiger partial charge >= 0.3 is 0 Å². The topological polar surface area (TPSA) is 12.9 Å². The van der Waals surface area contributed by atoms with Gasteiger partial charge in [-0.2, -0.15) is 0 Å². The fourth-order valence-corrected chi connectivity index (χ4v) is 1.68. The number of halogens is 2. The van der Waals surface area contributed by atoms with Gasteiger partial charge in [0.15, 0.2) is 0 Å². The number of hydrogen-bond donors (Lipinski definition) is 0. The second-order valence-corrected chi connectivity index (χ2v) is 3.75. The van der Waals surface area contributed by atoms with E-state index in [1.54, 1.807) is 18.3 Å². The molecule has 1 heterocycles. The van der Waals surface area contributed by atoms with Gasteiger partial charge in [-0.1, -0.05) is 23.2 Å². The Labute approximate surface area is 86.3 Å². The van der Waals surface area contributed by atoms with Crippen molar-refractivity contribution in [1.82, 2.24) is 4.98 Å². The van der Waals surface area contributed by atoms with E-state index in [2.05, 4.69) is 4.98 Å². The first-order valence-electron chi connectivity index (χ1n) is 3.89. The van der Waals surface area contributed by atoms with E-state index in [-0.39, 0.29) is 0 Å². The van der Waals surface area contributed by atoms with Crippen LogP contribution >= 0.6 is 23.2 Å². The van der Waals surface area contributed by atoms with E-state index in [9.17, 15) is 0 Å². The Bertz CT molecular complexity index is 466. The third-order valence-electron chi connectivity index (χ3n) is 1.88. The first-order valence-corrected chi connectivity index (χ1v) is 4.64. The summed E-state index contributed by atoms with van der Waals surface area (Å²) in [6.07, 6.45) is 1.78. The predicted octanol–water partition coefficient (Wildman–Crippen LogP) is 3.85. The molecule has 0 spiro atoms. The third kappa shape index (κ3) is 1.50. The standard InChI is InChI=1S/C10H7Cl2N/c1-6-4-7-8(11)2-3-9(12)10(7)13-5-6/h2-5H,1H3. The molecule has 1 aromatic carbocycles. The van der Waals surface area contributed by atoms with E-state index in [0.29, 0.717) is 10.0 Å². The number of hydrogen-bond acceptors (Lipinski definition) is 1. The third-order valence-corrected chi connectivity index (χ3v) is 2.52. The average Bonchev–Trinajstić information content (AvgIpc) is 2.12. The van der Waals surface area contributed by atoms with Crippen LogP contribution in [0.4, 0.5) is 0 Å². The van der Waals surface area contributed by atoms with Gasteiger partial charge in [0.05, 0.1) is 15.6 Å². The van der Waals surface area contributed by atoms with Crippen LogP contribution in [0.25, 0.3) is 10.9 Å². The largest absolute Gasteiger partial charge is 0.254 e. The van der Waals surface area contributed by atoms with E-state index >= 15 is 0 Å². The summed E-state index contributed by atoms with van der Waals surface area (Å²) in [4.78, 5) is 4.22. The molecule has 0 bridgehead atoms. The van der Waals surface area contributed by atoms with E-state index in [0.717, 1.165) is 16.5 Å². The van der Waals surface area contributed by atoms with Gasteiger partial charge in [0.1, 0.15) is 0 Å². The Hall–Kier alpha value is -0.790. The lowest BCUT2D eigenvalue weighted by Gasteiger charge is -2.02. The van der Waals surface area contributed by atoms with Crippen molar-refractivity contribution in [3.05, 3.63) is 40.0 Å². The normalized spacial score (nSPS) is 10.7. The van der Waals surface area contributed by atoms with E-state index in [4.69, 9.17) is 23.2 Å². The van der Waals surface area contributed by atoms with Gasteiger partial charge in [0.25, 0.3) is 0 Å². The minimum Gasteiger partial charge on any atom is -0.254 e. The van der Waals surface area contributed by atoms with Crippen molar-refractivity contribution in [3.63, 3.8) is 0 Å². The fraction of sp³-hybridized carbons (Fsp3) is 0.100. The number of aromatic nitrogens is 1. The smallest absolute Gasteiger partial charge is 0.0903 e. The van der Waals surface area contributed by atoms with Crippen molar-refractivity contribution in [3.8, 4) is 0 Å². The van der Waals surface area contributed by atoms with Crippen molar-refractivity contribution >= 4 is 34.1 Å². The molecule has 0 N–H and O–H groups in total. The highest BCUT2D eigenvalue weighted by molar-refractivity contribution is 6.39. The van der Waals surface area contributed by atoms with Crippen LogP contribution in [0.5, 0.6) is 0 Å². The Morgan fingerprint density at radius 3 is 2.62 bits per heavy atom. The van der Waals surface area contributed by atoms with Gasteiger partial charge in [0.2, 0.25) is 0 Å². The number of rotatable bonds is 0. The maximum Gasteiger partial charge on any atom is 0.0903 e. The van der Waals surface area contributed by atoms with Crippen LogP contribution in [0.1, 0.15) is 5.56 Å². The molecular formula is C10H7Cl2N. The van der Waals surface area contributed by atoms with Crippen LogP contribution < -0.4 is 0 Å². The molecule has 0 aliphatic rings. The molecule has 0 saturated heterocycles. The molecule has 0 atom stereocenters. The summed E-state index contributed by atoms with van der Waals surface area (Å²) in [5, 5.41) is 2.24. The molecule has 0 radical (unpaired) electrons. The molecule has 2 aromatic rings. The second-order valence-electron chi connectivity index (χ2n) is 2.94. The molecule has 0 unspecified atom stereocenters. The zero-order chi connectivity index (χ0) is 9.42. The number of pyridine rings is 1. The highest BCUT2D eigenvalue weighted by Crippen LogP contribution is 2.28. The van der Waals surface area contributed by atoms with Gasteiger partial charge in [-0.05, 0) is 30.7 Å². The molecule has 13 heavy (non-hydrogen) atoms. The molecule has 0 aliphatic heterocycles. The zero-order valence-corrected chi connectivity index (χ0v) is 8.52. The molecule has 3 heteroatoms. The van der Waals surface area contributed by atoms with Crippen LogP contribution in [0.2, 0.25) is 10.0 Å². The van der Waals surface area contributed by atoms with E-state index in [1.165, 1.54) is 0 Å². The lowest BCUT2D eigenvalue weighted by atomic mass is 10.2. The van der Waals surface area contributed by atoms with Crippen LogP contribution in [-0.2, 0) is 0 Å². The quantitative estimate of drug-likeness (QED) is 0.646. The molecule has 0 saturated carbocycles. The molecule has 2 rings (SSSR count). The molecular weight excluding hydrogens is 205 g/mol. The lowest BCUT2D eigenvalue weighted by molar-refractivity contribution is 1.33. The van der Waals surface area contributed by atoms with Gasteiger partial charge in [-0.15, -0.1) is 0 Å². The summed E-state index contributed by atoms with van der Waals surface area (Å²) in [6, 6.07) is 5.53. The summed E-state index contributed by atoms with van der Waals surface area (Å²) in [5.74, 6) is 0. The highest BCUT2D eigenvalue weighted by Gasteiger charge is 2.03. The highest BCUT2D eigenvalue weighted by atomic mass is 35.5. The second kappa shape index (κ2) is 3.17. The Morgan fingerprint density at radius 2 is 1.85 bits per heavy atom.